The fraction of sp³-hybridized carbons (Fsp3) is 0.259. The number of hydrogen-bond donors (Lipinski definition) is 0. The minimum Gasteiger partial charge on any atom is -0.390 e. The molecule has 0 saturated carbocycles. The van der Waals surface area contributed by atoms with E-state index in [-0.39, 0.29) is 17.9 Å². The van der Waals surface area contributed by atoms with Crippen molar-refractivity contribution in [1.29, 1.82) is 0 Å². The number of benzene rings is 3. The van der Waals surface area contributed by atoms with Crippen LogP contribution in [0.25, 0.3) is 0 Å². The van der Waals surface area contributed by atoms with Crippen molar-refractivity contribution in [2.75, 3.05) is 13.1 Å². The number of carbonyl (C=O) groups is 1. The van der Waals surface area contributed by atoms with Gasteiger partial charge in [-0.25, -0.2) is 0 Å². The molecule has 0 spiro atoms. The van der Waals surface area contributed by atoms with Crippen LogP contribution in [0.5, 0.6) is 0 Å². The van der Waals surface area contributed by atoms with Gasteiger partial charge in [0.05, 0.1) is 18.2 Å². The SMILES string of the molecule is CCN(CC1CC(c2ccc(C)cc2)=NO1)C(=O)C(c1ccccc1)c1ccccc1. The largest absolute Gasteiger partial charge is 0.390 e. The van der Waals surface area contributed by atoms with Crippen LogP contribution in [-0.4, -0.2) is 35.7 Å². The fourth-order valence-corrected chi connectivity index (χ4v) is 4.01. The van der Waals surface area contributed by atoms with Crippen molar-refractivity contribution in [2.45, 2.75) is 32.3 Å². The molecule has 3 aromatic carbocycles. The van der Waals surface area contributed by atoms with Crippen molar-refractivity contribution in [1.82, 2.24) is 4.90 Å². The van der Waals surface area contributed by atoms with Gasteiger partial charge in [0, 0.05) is 13.0 Å². The van der Waals surface area contributed by atoms with Gasteiger partial charge < -0.3 is 9.74 Å². The highest BCUT2D eigenvalue weighted by atomic mass is 16.6. The number of aryl methyl sites for hydroxylation is 1. The number of rotatable bonds is 7. The van der Waals surface area contributed by atoms with E-state index in [0.29, 0.717) is 19.5 Å². The summed E-state index contributed by atoms with van der Waals surface area (Å²) in [7, 11) is 0. The molecule has 1 amide bonds. The maximum Gasteiger partial charge on any atom is 0.234 e. The molecule has 0 bridgehead atoms. The molecule has 0 saturated heterocycles. The summed E-state index contributed by atoms with van der Waals surface area (Å²) in [6.45, 7) is 5.22. The summed E-state index contributed by atoms with van der Waals surface area (Å²) in [4.78, 5) is 21.3. The molecule has 4 nitrogen and oxygen atoms in total. The molecule has 0 radical (unpaired) electrons. The molecule has 1 unspecified atom stereocenters. The van der Waals surface area contributed by atoms with E-state index in [1.165, 1.54) is 5.56 Å². The van der Waals surface area contributed by atoms with Crippen molar-refractivity contribution in [3.05, 3.63) is 107 Å². The first-order valence-corrected chi connectivity index (χ1v) is 10.8. The lowest BCUT2D eigenvalue weighted by Crippen LogP contribution is -2.40. The second kappa shape index (κ2) is 9.61. The van der Waals surface area contributed by atoms with Crippen LogP contribution < -0.4 is 0 Å². The van der Waals surface area contributed by atoms with Gasteiger partial charge in [0.15, 0.2) is 6.10 Å². The molecule has 1 aliphatic heterocycles. The highest BCUT2D eigenvalue weighted by molar-refractivity contribution is 6.01. The predicted molar refractivity (Wildman–Crippen MR) is 124 cm³/mol. The Hall–Kier alpha value is -3.40. The normalized spacial score (nSPS) is 15.5. The number of nitrogens with zero attached hydrogens (tertiary/aromatic N) is 2. The molecule has 158 valence electrons. The first kappa shape index (κ1) is 20.9. The van der Waals surface area contributed by atoms with E-state index in [2.05, 4.69) is 36.3 Å². The number of likely N-dealkylation sites (N-methyl/N-ethyl adjacent to an activating group) is 1. The van der Waals surface area contributed by atoms with Crippen molar-refractivity contribution < 1.29 is 9.63 Å². The van der Waals surface area contributed by atoms with Crippen molar-refractivity contribution >= 4 is 11.6 Å². The zero-order valence-electron chi connectivity index (χ0n) is 18.1. The Balaban J connectivity index is 1.50. The van der Waals surface area contributed by atoms with Crippen molar-refractivity contribution in [2.24, 2.45) is 5.16 Å². The lowest BCUT2D eigenvalue weighted by molar-refractivity contribution is -0.133. The number of amides is 1. The van der Waals surface area contributed by atoms with Crippen molar-refractivity contribution in [3.8, 4) is 0 Å². The summed E-state index contributed by atoms with van der Waals surface area (Å²) in [6, 6.07) is 28.3. The third-order valence-electron chi connectivity index (χ3n) is 5.75. The maximum atomic E-state index is 13.7. The highest BCUT2D eigenvalue weighted by Crippen LogP contribution is 2.28. The number of carbonyl (C=O) groups excluding carboxylic acids is 1. The van der Waals surface area contributed by atoms with Gasteiger partial charge in [-0.2, -0.15) is 0 Å². The molecule has 4 rings (SSSR count). The molecule has 0 aliphatic carbocycles. The van der Waals surface area contributed by atoms with Crippen LogP contribution in [0.2, 0.25) is 0 Å². The summed E-state index contributed by atoms with van der Waals surface area (Å²) >= 11 is 0. The zero-order chi connectivity index (χ0) is 21.6. The molecule has 3 aromatic rings. The van der Waals surface area contributed by atoms with E-state index in [4.69, 9.17) is 4.84 Å². The zero-order valence-corrected chi connectivity index (χ0v) is 18.1. The molecule has 0 N–H and O–H groups in total. The molecule has 1 heterocycles. The third kappa shape index (κ3) is 4.85. The van der Waals surface area contributed by atoms with E-state index in [0.717, 1.165) is 22.4 Å². The van der Waals surface area contributed by atoms with Gasteiger partial charge in [-0.05, 0) is 30.5 Å². The lowest BCUT2D eigenvalue weighted by atomic mass is 9.90. The summed E-state index contributed by atoms with van der Waals surface area (Å²) in [5.41, 5.74) is 5.24. The van der Waals surface area contributed by atoms with E-state index in [1.54, 1.807) is 0 Å². The van der Waals surface area contributed by atoms with E-state index >= 15 is 0 Å². The monoisotopic (exact) mass is 412 g/mol. The van der Waals surface area contributed by atoms with E-state index in [9.17, 15) is 4.79 Å². The van der Waals surface area contributed by atoms with Gasteiger partial charge in [0.1, 0.15) is 0 Å². The smallest absolute Gasteiger partial charge is 0.234 e. The Kier molecular flexibility index (Phi) is 6.46. The summed E-state index contributed by atoms with van der Waals surface area (Å²) in [5, 5.41) is 4.30. The Labute approximate surface area is 184 Å². The molecule has 1 aliphatic rings. The van der Waals surface area contributed by atoms with Crippen LogP contribution in [0, 0.1) is 6.92 Å². The summed E-state index contributed by atoms with van der Waals surface area (Å²) < 4.78 is 0. The van der Waals surface area contributed by atoms with Crippen LogP contribution in [0.15, 0.2) is 90.1 Å². The molecule has 0 aromatic heterocycles. The fourth-order valence-electron chi connectivity index (χ4n) is 4.01. The second-order valence-electron chi connectivity index (χ2n) is 7.97. The van der Waals surface area contributed by atoms with E-state index < -0.39 is 0 Å². The number of oxime groups is 1. The Morgan fingerprint density at radius 1 is 0.968 bits per heavy atom. The first-order chi connectivity index (χ1) is 15.2. The van der Waals surface area contributed by atoms with Gasteiger partial charge in [0.25, 0.3) is 0 Å². The van der Waals surface area contributed by atoms with Gasteiger partial charge in [-0.1, -0.05) is 95.6 Å². The Bertz CT molecular complexity index is 990. The van der Waals surface area contributed by atoms with Gasteiger partial charge >= 0.3 is 0 Å². The molecule has 1 atom stereocenters. The Morgan fingerprint density at radius 3 is 2.10 bits per heavy atom. The summed E-state index contributed by atoms with van der Waals surface area (Å²) in [6.07, 6.45) is 0.571. The molecule has 0 fully saturated rings. The molecular formula is C27H28N2O2. The van der Waals surface area contributed by atoms with Gasteiger partial charge in [-0.15, -0.1) is 0 Å². The van der Waals surface area contributed by atoms with Crippen LogP contribution in [0.1, 0.15) is 41.5 Å². The minimum atomic E-state index is -0.332. The number of hydrogen-bond acceptors (Lipinski definition) is 3. The van der Waals surface area contributed by atoms with Gasteiger partial charge in [0.2, 0.25) is 5.91 Å². The average molecular weight is 413 g/mol. The maximum absolute atomic E-state index is 13.7. The third-order valence-corrected chi connectivity index (χ3v) is 5.75. The van der Waals surface area contributed by atoms with E-state index in [1.807, 2.05) is 72.5 Å². The van der Waals surface area contributed by atoms with Crippen LogP contribution >= 0.6 is 0 Å². The predicted octanol–water partition coefficient (Wildman–Crippen LogP) is 5.17. The van der Waals surface area contributed by atoms with Crippen LogP contribution in [0.3, 0.4) is 0 Å². The highest BCUT2D eigenvalue weighted by Gasteiger charge is 2.31. The summed E-state index contributed by atoms with van der Waals surface area (Å²) in [5.74, 6) is -0.242. The molecule has 4 heteroatoms. The first-order valence-electron chi connectivity index (χ1n) is 10.8. The minimum absolute atomic E-state index is 0.0901. The molecule has 31 heavy (non-hydrogen) atoms. The van der Waals surface area contributed by atoms with Gasteiger partial charge in [-0.3, -0.25) is 4.79 Å². The average Bonchev–Trinajstić information content (AvgIpc) is 3.28. The lowest BCUT2D eigenvalue weighted by Gasteiger charge is -2.28. The topological polar surface area (TPSA) is 41.9 Å². The van der Waals surface area contributed by atoms with Crippen LogP contribution in [0.4, 0.5) is 0 Å². The second-order valence-corrected chi connectivity index (χ2v) is 7.97. The van der Waals surface area contributed by atoms with Crippen molar-refractivity contribution in [3.63, 3.8) is 0 Å². The standard InChI is InChI=1S/C27H28N2O2/c1-3-29(19-24-18-25(28-31-24)21-16-14-20(2)15-17-21)27(30)26(22-10-6-4-7-11-22)23-12-8-5-9-13-23/h4-17,24,26H,3,18-19H2,1-2H3. The molecular weight excluding hydrogens is 384 g/mol. The quantitative estimate of drug-likeness (QED) is 0.537. The van der Waals surface area contributed by atoms with Crippen LogP contribution in [-0.2, 0) is 9.63 Å². The Morgan fingerprint density at radius 2 is 1.55 bits per heavy atom.